The van der Waals surface area contributed by atoms with Gasteiger partial charge in [-0.15, -0.1) is 0 Å². The summed E-state index contributed by atoms with van der Waals surface area (Å²) in [4.78, 5) is 0. The third-order valence-corrected chi connectivity index (χ3v) is 1.91. The van der Waals surface area contributed by atoms with E-state index in [1.165, 1.54) is 0 Å². The Bertz CT molecular complexity index is 248. The average molecular weight is 191 g/mol. The summed E-state index contributed by atoms with van der Waals surface area (Å²) < 4.78 is 4.92. The maximum Gasteiger partial charge on any atom is 0.0728 e. The van der Waals surface area contributed by atoms with Crippen LogP contribution in [0.2, 0.25) is 10.0 Å². The molecule has 0 radical (unpaired) electrons. The maximum atomic E-state index is 5.84. The first kappa shape index (κ1) is 8.85. The summed E-state index contributed by atoms with van der Waals surface area (Å²) >= 11 is 11.6. The molecule has 0 N–H and O–H groups in total. The number of rotatable bonds is 2. The molecule has 0 amide bonds. The summed E-state index contributed by atoms with van der Waals surface area (Å²) in [5.41, 5.74) is 0.918. The lowest BCUT2D eigenvalue weighted by atomic mass is 10.2. The molecule has 3 heteroatoms. The molecule has 0 fully saturated rings. The summed E-state index contributed by atoms with van der Waals surface area (Å²) in [5.74, 6) is 0. The topological polar surface area (TPSA) is 9.23 Å². The van der Waals surface area contributed by atoms with Crippen LogP contribution in [-0.2, 0) is 11.3 Å². The molecule has 0 bridgehead atoms. The van der Waals surface area contributed by atoms with Crippen molar-refractivity contribution in [2.75, 3.05) is 7.11 Å². The smallest absolute Gasteiger partial charge is 0.0728 e. The number of benzene rings is 1. The monoisotopic (exact) mass is 190 g/mol. The predicted molar refractivity (Wildman–Crippen MR) is 47.2 cm³/mol. The van der Waals surface area contributed by atoms with E-state index in [0.29, 0.717) is 16.7 Å². The van der Waals surface area contributed by atoms with Crippen molar-refractivity contribution in [1.29, 1.82) is 0 Å². The van der Waals surface area contributed by atoms with Crippen molar-refractivity contribution in [3.8, 4) is 0 Å². The van der Waals surface area contributed by atoms with Gasteiger partial charge in [-0.05, 0) is 23.8 Å². The van der Waals surface area contributed by atoms with E-state index in [9.17, 15) is 0 Å². The van der Waals surface area contributed by atoms with E-state index < -0.39 is 0 Å². The van der Waals surface area contributed by atoms with Crippen molar-refractivity contribution in [3.63, 3.8) is 0 Å². The van der Waals surface area contributed by atoms with Crippen LogP contribution in [0.15, 0.2) is 18.2 Å². The SMILES string of the molecule is COCc1cc(Cl)ccc1Cl. The third-order valence-electron chi connectivity index (χ3n) is 1.31. The van der Waals surface area contributed by atoms with Crippen molar-refractivity contribution in [1.82, 2.24) is 0 Å². The highest BCUT2D eigenvalue weighted by atomic mass is 35.5. The molecule has 0 aliphatic carbocycles. The van der Waals surface area contributed by atoms with Crippen LogP contribution in [0.5, 0.6) is 0 Å². The van der Waals surface area contributed by atoms with Crippen molar-refractivity contribution in [3.05, 3.63) is 33.8 Å². The Balaban J connectivity index is 2.93. The molecule has 11 heavy (non-hydrogen) atoms. The van der Waals surface area contributed by atoms with Crippen molar-refractivity contribution < 1.29 is 4.74 Å². The molecule has 0 saturated carbocycles. The van der Waals surface area contributed by atoms with Gasteiger partial charge >= 0.3 is 0 Å². The molecule has 60 valence electrons. The fourth-order valence-electron chi connectivity index (χ4n) is 0.809. The van der Waals surface area contributed by atoms with Gasteiger partial charge in [0, 0.05) is 17.2 Å². The summed E-state index contributed by atoms with van der Waals surface area (Å²) in [7, 11) is 1.62. The Morgan fingerprint density at radius 2 is 2.09 bits per heavy atom. The van der Waals surface area contributed by atoms with Crippen LogP contribution in [0.1, 0.15) is 5.56 Å². The van der Waals surface area contributed by atoms with Gasteiger partial charge in [0.2, 0.25) is 0 Å². The van der Waals surface area contributed by atoms with Crippen molar-refractivity contribution in [2.45, 2.75) is 6.61 Å². The summed E-state index contributed by atoms with van der Waals surface area (Å²) in [5, 5.41) is 1.37. The lowest BCUT2D eigenvalue weighted by molar-refractivity contribution is 0.185. The number of methoxy groups -OCH3 is 1. The van der Waals surface area contributed by atoms with Gasteiger partial charge in [0.1, 0.15) is 0 Å². The van der Waals surface area contributed by atoms with E-state index in [0.717, 1.165) is 5.56 Å². The van der Waals surface area contributed by atoms with Gasteiger partial charge in [-0.25, -0.2) is 0 Å². The van der Waals surface area contributed by atoms with E-state index in [1.54, 1.807) is 25.3 Å². The van der Waals surface area contributed by atoms with Gasteiger partial charge in [-0.1, -0.05) is 23.2 Å². The van der Waals surface area contributed by atoms with Gasteiger partial charge in [0.05, 0.1) is 6.61 Å². The molecule has 1 aromatic rings. The second-order valence-electron chi connectivity index (χ2n) is 2.17. The highest BCUT2D eigenvalue weighted by Gasteiger charge is 1.99. The zero-order valence-electron chi connectivity index (χ0n) is 6.10. The molecule has 1 aromatic carbocycles. The standard InChI is InChI=1S/C8H8Cl2O/c1-11-5-6-4-7(9)2-3-8(6)10/h2-4H,5H2,1H3. The van der Waals surface area contributed by atoms with Crippen LogP contribution < -0.4 is 0 Å². The van der Waals surface area contributed by atoms with Crippen molar-refractivity contribution in [2.24, 2.45) is 0 Å². The molecule has 0 aromatic heterocycles. The van der Waals surface area contributed by atoms with Crippen LogP contribution in [0.25, 0.3) is 0 Å². The van der Waals surface area contributed by atoms with Crippen LogP contribution >= 0.6 is 23.2 Å². The Morgan fingerprint density at radius 3 is 2.73 bits per heavy atom. The minimum atomic E-state index is 0.499. The number of halogens is 2. The molecule has 0 saturated heterocycles. The molecule has 0 spiro atoms. The summed E-state index contributed by atoms with van der Waals surface area (Å²) in [6, 6.07) is 5.31. The molecule has 1 rings (SSSR count). The quantitative estimate of drug-likeness (QED) is 0.697. The molecular weight excluding hydrogens is 183 g/mol. The molecule has 0 unspecified atom stereocenters. The van der Waals surface area contributed by atoms with Crippen LogP contribution in [0.4, 0.5) is 0 Å². The highest BCUT2D eigenvalue weighted by molar-refractivity contribution is 6.33. The second kappa shape index (κ2) is 3.96. The van der Waals surface area contributed by atoms with Gasteiger partial charge in [-0.2, -0.15) is 0 Å². The number of hydrogen-bond acceptors (Lipinski definition) is 1. The normalized spacial score (nSPS) is 10.1. The Kier molecular flexibility index (Phi) is 3.18. The lowest BCUT2D eigenvalue weighted by Crippen LogP contribution is -1.87. The van der Waals surface area contributed by atoms with Gasteiger partial charge in [0.25, 0.3) is 0 Å². The van der Waals surface area contributed by atoms with Crippen LogP contribution in [-0.4, -0.2) is 7.11 Å². The van der Waals surface area contributed by atoms with Gasteiger partial charge in [0.15, 0.2) is 0 Å². The van der Waals surface area contributed by atoms with E-state index in [2.05, 4.69) is 0 Å². The third kappa shape index (κ3) is 2.37. The molecule has 0 heterocycles. The highest BCUT2D eigenvalue weighted by Crippen LogP contribution is 2.20. The molecule has 1 nitrogen and oxygen atoms in total. The van der Waals surface area contributed by atoms with Gasteiger partial charge in [-0.3, -0.25) is 0 Å². The minimum absolute atomic E-state index is 0.499. The Morgan fingerprint density at radius 1 is 1.36 bits per heavy atom. The fraction of sp³-hybridized carbons (Fsp3) is 0.250. The maximum absolute atomic E-state index is 5.84. The minimum Gasteiger partial charge on any atom is -0.380 e. The summed E-state index contributed by atoms with van der Waals surface area (Å²) in [6.45, 7) is 0.499. The van der Waals surface area contributed by atoms with E-state index in [-0.39, 0.29) is 0 Å². The average Bonchev–Trinajstić information content (AvgIpc) is 1.98. The Hall–Kier alpha value is -0.240. The lowest BCUT2D eigenvalue weighted by Gasteiger charge is -2.02. The molecule has 0 atom stereocenters. The van der Waals surface area contributed by atoms with Crippen LogP contribution in [0.3, 0.4) is 0 Å². The number of hydrogen-bond donors (Lipinski definition) is 0. The first-order valence-electron chi connectivity index (χ1n) is 3.17. The Labute approximate surface area is 75.9 Å². The molecule has 0 aliphatic heterocycles. The molecule has 0 aliphatic rings. The number of ether oxygens (including phenoxy) is 1. The van der Waals surface area contributed by atoms with Gasteiger partial charge < -0.3 is 4.74 Å². The first-order chi connectivity index (χ1) is 5.24. The summed E-state index contributed by atoms with van der Waals surface area (Å²) in [6.07, 6.45) is 0. The van der Waals surface area contributed by atoms with E-state index in [4.69, 9.17) is 27.9 Å². The fourth-order valence-corrected chi connectivity index (χ4v) is 1.18. The molecular formula is C8H8Cl2O. The predicted octanol–water partition coefficient (Wildman–Crippen LogP) is 3.14. The zero-order chi connectivity index (χ0) is 8.27. The van der Waals surface area contributed by atoms with E-state index in [1.807, 2.05) is 0 Å². The second-order valence-corrected chi connectivity index (χ2v) is 3.01. The first-order valence-corrected chi connectivity index (χ1v) is 3.92. The van der Waals surface area contributed by atoms with E-state index >= 15 is 0 Å². The largest absolute Gasteiger partial charge is 0.380 e. The van der Waals surface area contributed by atoms with Crippen molar-refractivity contribution >= 4 is 23.2 Å². The zero-order valence-corrected chi connectivity index (χ0v) is 7.62. The van der Waals surface area contributed by atoms with Crippen LogP contribution in [0, 0.1) is 0 Å².